The van der Waals surface area contributed by atoms with Crippen molar-refractivity contribution in [2.24, 2.45) is 0 Å². The third kappa shape index (κ3) is 3.97. The molecule has 2 aromatic carbocycles. The van der Waals surface area contributed by atoms with Gasteiger partial charge in [0.2, 0.25) is 5.95 Å². The summed E-state index contributed by atoms with van der Waals surface area (Å²) in [4.78, 5) is 8.98. The third-order valence-electron chi connectivity index (χ3n) is 4.28. The molecular formula is C21H19ClN6. The van der Waals surface area contributed by atoms with Crippen LogP contribution in [0, 0.1) is 13.8 Å². The molecule has 2 heterocycles. The number of aromatic nitrogens is 4. The van der Waals surface area contributed by atoms with Crippen LogP contribution >= 0.6 is 11.6 Å². The second-order valence-electron chi connectivity index (χ2n) is 6.44. The first-order valence-corrected chi connectivity index (χ1v) is 9.20. The van der Waals surface area contributed by atoms with E-state index in [0.29, 0.717) is 5.95 Å². The Bertz CT molecular complexity index is 1090. The van der Waals surface area contributed by atoms with Gasteiger partial charge in [0.1, 0.15) is 5.82 Å². The van der Waals surface area contributed by atoms with Crippen molar-refractivity contribution in [2.75, 3.05) is 10.6 Å². The molecule has 4 rings (SSSR count). The van der Waals surface area contributed by atoms with Crippen LogP contribution in [0.3, 0.4) is 0 Å². The maximum Gasteiger partial charge on any atom is 0.229 e. The zero-order chi connectivity index (χ0) is 19.5. The highest BCUT2D eigenvalue weighted by Crippen LogP contribution is 2.24. The van der Waals surface area contributed by atoms with E-state index in [1.807, 2.05) is 73.3 Å². The SMILES string of the molecule is Cc1cc(Nc2nc(Nc3ccc(-n4cccn4)cc3)ncc2C)ccc1Cl. The predicted molar refractivity (Wildman–Crippen MR) is 113 cm³/mol. The number of nitrogens with one attached hydrogen (secondary N) is 2. The molecule has 0 spiro atoms. The highest BCUT2D eigenvalue weighted by Gasteiger charge is 2.06. The molecular weight excluding hydrogens is 372 g/mol. The van der Waals surface area contributed by atoms with Crippen molar-refractivity contribution in [3.8, 4) is 5.69 Å². The first-order valence-electron chi connectivity index (χ1n) is 8.82. The molecule has 0 fully saturated rings. The van der Waals surface area contributed by atoms with Crippen molar-refractivity contribution in [1.82, 2.24) is 19.7 Å². The van der Waals surface area contributed by atoms with E-state index >= 15 is 0 Å². The van der Waals surface area contributed by atoms with Gasteiger partial charge in [0.05, 0.1) is 5.69 Å². The Labute approximate surface area is 168 Å². The summed E-state index contributed by atoms with van der Waals surface area (Å²) in [5.74, 6) is 1.26. The Kier molecular flexibility index (Phi) is 4.95. The highest BCUT2D eigenvalue weighted by atomic mass is 35.5. The number of benzene rings is 2. The molecule has 0 unspecified atom stereocenters. The van der Waals surface area contributed by atoms with Gasteiger partial charge in [-0.3, -0.25) is 0 Å². The predicted octanol–water partition coefficient (Wildman–Crippen LogP) is 5.42. The largest absolute Gasteiger partial charge is 0.340 e. The summed E-state index contributed by atoms with van der Waals surface area (Å²) in [5, 5.41) is 11.5. The molecule has 2 N–H and O–H groups in total. The minimum atomic E-state index is 0.519. The lowest BCUT2D eigenvalue weighted by atomic mass is 10.2. The van der Waals surface area contributed by atoms with E-state index in [1.165, 1.54) is 0 Å². The maximum absolute atomic E-state index is 6.11. The van der Waals surface area contributed by atoms with Crippen molar-refractivity contribution in [3.05, 3.63) is 83.3 Å². The van der Waals surface area contributed by atoms with Crippen LogP contribution in [-0.2, 0) is 0 Å². The molecule has 0 atom stereocenters. The van der Waals surface area contributed by atoms with Gasteiger partial charge < -0.3 is 10.6 Å². The highest BCUT2D eigenvalue weighted by molar-refractivity contribution is 6.31. The second-order valence-corrected chi connectivity index (χ2v) is 6.84. The van der Waals surface area contributed by atoms with Crippen LogP contribution in [-0.4, -0.2) is 19.7 Å². The van der Waals surface area contributed by atoms with E-state index in [0.717, 1.165) is 39.0 Å². The van der Waals surface area contributed by atoms with Gasteiger partial charge in [-0.25, -0.2) is 9.67 Å². The van der Waals surface area contributed by atoms with Crippen molar-refractivity contribution in [2.45, 2.75) is 13.8 Å². The minimum absolute atomic E-state index is 0.519. The minimum Gasteiger partial charge on any atom is -0.340 e. The van der Waals surface area contributed by atoms with Crippen molar-refractivity contribution < 1.29 is 0 Å². The topological polar surface area (TPSA) is 67.7 Å². The van der Waals surface area contributed by atoms with Crippen molar-refractivity contribution >= 4 is 34.7 Å². The van der Waals surface area contributed by atoms with Crippen LogP contribution in [0.4, 0.5) is 23.1 Å². The lowest BCUT2D eigenvalue weighted by molar-refractivity contribution is 0.881. The molecule has 0 aliphatic heterocycles. The standard InChI is InChI=1S/C21H19ClN6/c1-14-12-17(6-9-19(14)22)25-20-15(2)13-23-21(27-20)26-16-4-7-18(8-5-16)28-11-3-10-24-28/h3-13H,1-2H3,(H2,23,25,26,27). The van der Waals surface area contributed by atoms with Gasteiger partial charge in [0.15, 0.2) is 0 Å². The van der Waals surface area contributed by atoms with Crippen LogP contribution in [0.25, 0.3) is 5.69 Å². The molecule has 28 heavy (non-hydrogen) atoms. The molecule has 0 saturated heterocycles. The molecule has 0 amide bonds. The number of anilines is 4. The quantitative estimate of drug-likeness (QED) is 0.476. The first kappa shape index (κ1) is 18.0. The van der Waals surface area contributed by atoms with Gasteiger partial charge in [-0.2, -0.15) is 10.1 Å². The van der Waals surface area contributed by atoms with Crippen LogP contribution in [0.5, 0.6) is 0 Å². The smallest absolute Gasteiger partial charge is 0.229 e. The Balaban J connectivity index is 1.52. The zero-order valence-electron chi connectivity index (χ0n) is 15.5. The summed E-state index contributed by atoms with van der Waals surface area (Å²) in [5.41, 5.74) is 4.77. The van der Waals surface area contributed by atoms with E-state index in [-0.39, 0.29) is 0 Å². The summed E-state index contributed by atoms with van der Waals surface area (Å²) in [6.45, 7) is 3.94. The molecule has 0 aliphatic rings. The van der Waals surface area contributed by atoms with Gasteiger partial charge in [0, 0.05) is 40.6 Å². The first-order chi connectivity index (χ1) is 13.6. The summed E-state index contributed by atoms with van der Waals surface area (Å²) in [7, 11) is 0. The van der Waals surface area contributed by atoms with E-state index in [9.17, 15) is 0 Å². The number of hydrogen-bond donors (Lipinski definition) is 2. The molecule has 6 nitrogen and oxygen atoms in total. The average molecular weight is 391 g/mol. The Morgan fingerprint density at radius 1 is 0.929 bits per heavy atom. The molecule has 2 aromatic heterocycles. The van der Waals surface area contributed by atoms with E-state index in [2.05, 4.69) is 25.7 Å². The van der Waals surface area contributed by atoms with E-state index < -0.39 is 0 Å². The normalized spacial score (nSPS) is 10.7. The van der Waals surface area contributed by atoms with E-state index in [4.69, 9.17) is 11.6 Å². The van der Waals surface area contributed by atoms with Gasteiger partial charge in [-0.15, -0.1) is 0 Å². The molecule has 0 bridgehead atoms. The number of nitrogens with zero attached hydrogens (tertiary/aromatic N) is 4. The van der Waals surface area contributed by atoms with Crippen LogP contribution in [0.1, 0.15) is 11.1 Å². The Hall–Kier alpha value is -3.38. The molecule has 4 aromatic rings. The third-order valence-corrected chi connectivity index (χ3v) is 4.71. The monoisotopic (exact) mass is 390 g/mol. The number of rotatable bonds is 5. The fourth-order valence-electron chi connectivity index (χ4n) is 2.74. The molecule has 7 heteroatoms. The zero-order valence-corrected chi connectivity index (χ0v) is 16.3. The molecule has 0 saturated carbocycles. The van der Waals surface area contributed by atoms with E-state index in [1.54, 1.807) is 12.4 Å². The van der Waals surface area contributed by atoms with Crippen molar-refractivity contribution in [1.29, 1.82) is 0 Å². The fraction of sp³-hybridized carbons (Fsp3) is 0.0952. The van der Waals surface area contributed by atoms with Gasteiger partial charge >= 0.3 is 0 Å². The summed E-state index contributed by atoms with van der Waals surface area (Å²) in [6.07, 6.45) is 5.45. The summed E-state index contributed by atoms with van der Waals surface area (Å²) >= 11 is 6.11. The lowest BCUT2D eigenvalue weighted by Crippen LogP contribution is -2.03. The molecule has 140 valence electrons. The number of hydrogen-bond acceptors (Lipinski definition) is 5. The number of aryl methyl sites for hydroxylation is 2. The molecule has 0 radical (unpaired) electrons. The molecule has 0 aliphatic carbocycles. The van der Waals surface area contributed by atoms with Crippen molar-refractivity contribution in [3.63, 3.8) is 0 Å². The Morgan fingerprint density at radius 3 is 2.43 bits per heavy atom. The van der Waals surface area contributed by atoms with Crippen LogP contribution in [0.15, 0.2) is 67.1 Å². The summed E-state index contributed by atoms with van der Waals surface area (Å²) < 4.78 is 1.81. The fourth-order valence-corrected chi connectivity index (χ4v) is 2.85. The number of halogens is 1. The summed E-state index contributed by atoms with van der Waals surface area (Å²) in [6, 6.07) is 15.6. The average Bonchev–Trinajstić information content (AvgIpc) is 3.23. The van der Waals surface area contributed by atoms with Crippen LogP contribution in [0.2, 0.25) is 5.02 Å². The lowest BCUT2D eigenvalue weighted by Gasteiger charge is -2.12. The van der Waals surface area contributed by atoms with Gasteiger partial charge in [-0.1, -0.05) is 11.6 Å². The maximum atomic E-state index is 6.11. The van der Waals surface area contributed by atoms with Crippen LogP contribution < -0.4 is 10.6 Å². The van der Waals surface area contributed by atoms with Gasteiger partial charge in [0.25, 0.3) is 0 Å². The Morgan fingerprint density at radius 2 is 1.71 bits per heavy atom. The van der Waals surface area contributed by atoms with Gasteiger partial charge in [-0.05, 0) is 67.9 Å². The second kappa shape index (κ2) is 7.70.